The zero-order valence-electron chi connectivity index (χ0n) is 24.4. The van der Waals surface area contributed by atoms with E-state index in [4.69, 9.17) is 15.0 Å². The molecule has 206 valence electrons. The van der Waals surface area contributed by atoms with Gasteiger partial charge in [0.05, 0.1) is 22.8 Å². The molecule has 0 radical (unpaired) electrons. The highest BCUT2D eigenvalue weighted by molar-refractivity contribution is 14.1. The van der Waals surface area contributed by atoms with Crippen LogP contribution in [0.1, 0.15) is 127 Å². The van der Waals surface area contributed by atoms with Crippen molar-refractivity contribution in [2.45, 2.75) is 124 Å². The first-order valence-corrected chi connectivity index (χ1v) is 15.7. The van der Waals surface area contributed by atoms with Crippen molar-refractivity contribution in [1.29, 1.82) is 0 Å². The first kappa shape index (κ1) is 27.2. The predicted molar refractivity (Wildman–Crippen MR) is 162 cm³/mol. The maximum atomic E-state index is 5.00. The highest BCUT2D eigenvalue weighted by Crippen LogP contribution is 2.58. The first-order valence-electron chi connectivity index (χ1n) is 14.4. The molecule has 3 heterocycles. The fourth-order valence-electron chi connectivity index (χ4n) is 8.70. The Bertz CT molecular complexity index is 1430. The molecule has 0 bridgehead atoms. The lowest BCUT2D eigenvalue weighted by Crippen LogP contribution is -2.34. The summed E-state index contributed by atoms with van der Waals surface area (Å²) in [5, 5.41) is 8.80. The second kappa shape index (κ2) is 8.98. The van der Waals surface area contributed by atoms with Gasteiger partial charge < -0.3 is 0 Å². The van der Waals surface area contributed by atoms with Gasteiger partial charge in [-0.25, -0.2) is 9.97 Å². The Morgan fingerprint density at radius 1 is 0.769 bits per heavy atom. The Hall–Kier alpha value is -2.03. The quantitative estimate of drug-likeness (QED) is 0.213. The van der Waals surface area contributed by atoms with Crippen molar-refractivity contribution >= 4 is 22.6 Å². The summed E-state index contributed by atoms with van der Waals surface area (Å²) < 4.78 is 0.494. The fraction of sp³-hybridized carbons (Fsp3) is 0.625. The summed E-state index contributed by atoms with van der Waals surface area (Å²) in [6.07, 6.45) is 16.0. The van der Waals surface area contributed by atoms with Crippen molar-refractivity contribution < 1.29 is 0 Å². The number of rotatable bonds is 6. The SMILES string of the molecule is C[C@H]1c2ncncc2[C@](C)(CC[C@]2(C)C[C@@](C)(CC[C@]3(C)CC(C)(C)c4nnccc43)c3nccnc32)[C@@H]1I. The molecular weight excluding hydrogens is 595 g/mol. The molecule has 0 aliphatic heterocycles. The lowest BCUT2D eigenvalue weighted by molar-refractivity contribution is 0.256. The number of hydrogen-bond acceptors (Lipinski definition) is 6. The molecule has 6 rings (SSSR count). The van der Waals surface area contributed by atoms with Gasteiger partial charge in [0.25, 0.3) is 0 Å². The first-order chi connectivity index (χ1) is 18.3. The van der Waals surface area contributed by atoms with E-state index in [0.29, 0.717) is 9.84 Å². The lowest BCUT2D eigenvalue weighted by atomic mass is 9.68. The topological polar surface area (TPSA) is 77.3 Å². The zero-order chi connectivity index (χ0) is 27.8. The van der Waals surface area contributed by atoms with Crippen LogP contribution in [0.5, 0.6) is 0 Å². The van der Waals surface area contributed by atoms with Gasteiger partial charge in [-0.3, -0.25) is 9.97 Å². The van der Waals surface area contributed by atoms with Crippen LogP contribution < -0.4 is 0 Å². The summed E-state index contributed by atoms with van der Waals surface area (Å²) in [5.41, 5.74) is 7.69. The maximum absolute atomic E-state index is 5.00. The molecule has 6 atom stereocenters. The van der Waals surface area contributed by atoms with Crippen LogP contribution in [0.25, 0.3) is 0 Å². The Morgan fingerprint density at radius 2 is 1.41 bits per heavy atom. The van der Waals surface area contributed by atoms with Crippen LogP contribution >= 0.6 is 22.6 Å². The highest BCUT2D eigenvalue weighted by Gasteiger charge is 2.54. The largest absolute Gasteiger partial charge is 0.257 e. The minimum atomic E-state index is -0.0153. The van der Waals surface area contributed by atoms with Crippen molar-refractivity contribution in [1.82, 2.24) is 30.1 Å². The molecule has 0 saturated carbocycles. The van der Waals surface area contributed by atoms with Crippen LogP contribution in [0.4, 0.5) is 0 Å². The smallest absolute Gasteiger partial charge is 0.115 e. The van der Waals surface area contributed by atoms with Crippen molar-refractivity contribution in [3.8, 4) is 0 Å². The van der Waals surface area contributed by atoms with Crippen LogP contribution in [-0.4, -0.2) is 34.1 Å². The van der Waals surface area contributed by atoms with E-state index in [0.717, 1.165) is 38.5 Å². The molecule has 0 aromatic carbocycles. The van der Waals surface area contributed by atoms with Crippen molar-refractivity contribution in [3.63, 3.8) is 0 Å². The summed E-state index contributed by atoms with van der Waals surface area (Å²) in [5.74, 6) is 0.436. The minimum Gasteiger partial charge on any atom is -0.257 e. The molecule has 3 aromatic heterocycles. The molecular formula is C32H41IN6. The summed E-state index contributed by atoms with van der Waals surface area (Å²) in [6.45, 7) is 16.7. The van der Waals surface area contributed by atoms with Gasteiger partial charge in [-0.1, -0.05) is 71.1 Å². The molecule has 39 heavy (non-hydrogen) atoms. The Balaban J connectivity index is 1.27. The number of nitrogens with zero attached hydrogens (tertiary/aromatic N) is 6. The molecule has 0 unspecified atom stereocenters. The molecule has 3 aliphatic rings. The number of alkyl halides is 1. The molecule has 3 aromatic rings. The van der Waals surface area contributed by atoms with Gasteiger partial charge in [0, 0.05) is 56.3 Å². The van der Waals surface area contributed by atoms with Crippen LogP contribution in [-0.2, 0) is 27.1 Å². The lowest BCUT2D eigenvalue weighted by Gasteiger charge is -2.36. The number of halogens is 1. The molecule has 0 amide bonds. The second-order valence-electron chi connectivity index (χ2n) is 14.4. The minimum absolute atomic E-state index is 0.0106. The van der Waals surface area contributed by atoms with E-state index in [-0.39, 0.29) is 27.1 Å². The Labute approximate surface area is 246 Å². The van der Waals surface area contributed by atoms with E-state index >= 15 is 0 Å². The van der Waals surface area contributed by atoms with Gasteiger partial charge in [-0.2, -0.15) is 10.2 Å². The number of aromatic nitrogens is 6. The van der Waals surface area contributed by atoms with Crippen molar-refractivity contribution in [3.05, 3.63) is 71.1 Å². The van der Waals surface area contributed by atoms with Crippen LogP contribution in [0.2, 0.25) is 0 Å². The van der Waals surface area contributed by atoms with Crippen LogP contribution in [0.3, 0.4) is 0 Å². The third-order valence-corrected chi connectivity index (χ3v) is 13.2. The molecule has 6 nitrogen and oxygen atoms in total. The zero-order valence-corrected chi connectivity index (χ0v) is 26.6. The standard InChI is InChI=1S/C32H41IN6/c1-20-23-22(16-34-19-37-23)32(7,24(20)33)12-11-31(6)18-30(5,26-27(31)36-15-14-35-26)10-9-29(4)17-28(2,3)25-21(29)8-13-38-39-25/h8,13-16,19-20,24H,9-12,17-18H2,1-7H3/t20-,24+,29+,30+,31+,32-/m0/s1. The van der Waals surface area contributed by atoms with Gasteiger partial charge in [-0.15, -0.1) is 0 Å². The molecule has 0 saturated heterocycles. The third-order valence-electron chi connectivity index (χ3n) is 10.7. The van der Waals surface area contributed by atoms with E-state index < -0.39 is 0 Å². The Morgan fingerprint density at radius 3 is 2.10 bits per heavy atom. The van der Waals surface area contributed by atoms with Gasteiger partial charge in [0.2, 0.25) is 0 Å². The molecule has 7 heteroatoms. The van der Waals surface area contributed by atoms with Crippen molar-refractivity contribution in [2.24, 2.45) is 0 Å². The summed E-state index contributed by atoms with van der Waals surface area (Å²) in [4.78, 5) is 19.1. The summed E-state index contributed by atoms with van der Waals surface area (Å²) >= 11 is 2.66. The predicted octanol–water partition coefficient (Wildman–Crippen LogP) is 7.05. The fourth-order valence-corrected chi connectivity index (χ4v) is 9.69. The average molecular weight is 637 g/mol. The Kier molecular flexibility index (Phi) is 6.26. The highest BCUT2D eigenvalue weighted by atomic mass is 127. The van der Waals surface area contributed by atoms with Crippen LogP contribution in [0, 0.1) is 0 Å². The maximum Gasteiger partial charge on any atom is 0.115 e. The molecule has 0 N–H and O–H groups in total. The third kappa shape index (κ3) is 4.07. The summed E-state index contributed by atoms with van der Waals surface area (Å²) in [7, 11) is 0. The van der Waals surface area contributed by atoms with Crippen molar-refractivity contribution in [2.75, 3.05) is 0 Å². The number of fused-ring (bicyclic) bond motifs is 3. The molecule has 3 aliphatic carbocycles. The van der Waals surface area contributed by atoms with E-state index in [1.165, 1.54) is 33.9 Å². The normalized spacial score (nSPS) is 36.0. The molecule has 0 fully saturated rings. The van der Waals surface area contributed by atoms with Crippen LogP contribution in [0.15, 0.2) is 37.2 Å². The molecule has 0 spiro atoms. The second-order valence-corrected chi connectivity index (χ2v) is 15.7. The summed E-state index contributed by atoms with van der Waals surface area (Å²) in [6, 6.07) is 2.21. The van der Waals surface area contributed by atoms with E-state index in [9.17, 15) is 0 Å². The van der Waals surface area contributed by atoms with Gasteiger partial charge in [0.15, 0.2) is 0 Å². The van der Waals surface area contributed by atoms with Gasteiger partial charge >= 0.3 is 0 Å². The average Bonchev–Trinajstić information content (AvgIpc) is 3.37. The monoisotopic (exact) mass is 636 g/mol. The number of hydrogen-bond donors (Lipinski definition) is 0. The van der Waals surface area contributed by atoms with E-state index in [2.05, 4.69) is 98.5 Å². The van der Waals surface area contributed by atoms with E-state index in [1.54, 1.807) is 6.33 Å². The van der Waals surface area contributed by atoms with E-state index in [1.807, 2.05) is 18.6 Å². The van der Waals surface area contributed by atoms with Gasteiger partial charge in [0.1, 0.15) is 6.33 Å². The van der Waals surface area contributed by atoms with Gasteiger partial charge in [-0.05, 0) is 61.1 Å².